The second kappa shape index (κ2) is 6.47. The zero-order valence-corrected chi connectivity index (χ0v) is 13.1. The Morgan fingerprint density at radius 2 is 2.20 bits per heavy atom. The first kappa shape index (κ1) is 16.2. The third kappa shape index (κ3) is 3.34. The molecule has 0 spiro atoms. The third-order valence-corrected chi connectivity index (χ3v) is 3.19. The summed E-state index contributed by atoms with van der Waals surface area (Å²) in [6, 6.07) is 4.53. The van der Waals surface area contributed by atoms with Crippen LogP contribution in [0, 0.1) is 0 Å². The van der Waals surface area contributed by atoms with E-state index in [0.717, 1.165) is 4.57 Å². The smallest absolute Gasteiger partial charge is 0.426 e. The largest absolute Gasteiger partial charge is 0.450 e. The van der Waals surface area contributed by atoms with E-state index in [2.05, 4.69) is 15.6 Å². The standard InChI is InChI=1S/C14H14N6O5/c1-2-24-13(22)16-11-6-19(18-17-11)7-12(21)20-9-5-8(15)3-4-10(9)25-14(20)23/h3-6H,2,7,15H2,1H3,(H,16,22). The Labute approximate surface area is 140 Å². The van der Waals surface area contributed by atoms with Crippen LogP contribution in [0.4, 0.5) is 16.3 Å². The molecule has 0 atom stereocenters. The quantitative estimate of drug-likeness (QED) is 0.655. The van der Waals surface area contributed by atoms with E-state index in [-0.39, 0.29) is 30.1 Å². The fourth-order valence-corrected chi connectivity index (χ4v) is 2.18. The Bertz CT molecular complexity index is 1000. The van der Waals surface area contributed by atoms with Crippen molar-refractivity contribution in [3.63, 3.8) is 0 Å². The highest BCUT2D eigenvalue weighted by Gasteiger charge is 2.17. The lowest BCUT2D eigenvalue weighted by atomic mass is 10.3. The van der Waals surface area contributed by atoms with Gasteiger partial charge in [-0.2, -0.15) is 0 Å². The maximum atomic E-state index is 12.4. The Balaban J connectivity index is 1.80. The normalized spacial score (nSPS) is 10.8. The summed E-state index contributed by atoms with van der Waals surface area (Å²) in [6.45, 7) is 1.58. The molecule has 11 nitrogen and oxygen atoms in total. The highest BCUT2D eigenvalue weighted by Crippen LogP contribution is 2.16. The van der Waals surface area contributed by atoms with Gasteiger partial charge in [-0.3, -0.25) is 10.1 Å². The van der Waals surface area contributed by atoms with Crippen molar-refractivity contribution in [3.05, 3.63) is 34.9 Å². The van der Waals surface area contributed by atoms with Crippen LogP contribution in [0.3, 0.4) is 0 Å². The van der Waals surface area contributed by atoms with Gasteiger partial charge in [-0.25, -0.2) is 18.8 Å². The number of nitrogens with zero attached hydrogens (tertiary/aromatic N) is 4. The summed E-state index contributed by atoms with van der Waals surface area (Å²) in [5, 5.41) is 9.75. The molecule has 0 fully saturated rings. The summed E-state index contributed by atoms with van der Waals surface area (Å²) in [6.07, 6.45) is 0.643. The highest BCUT2D eigenvalue weighted by molar-refractivity contribution is 5.90. The first-order valence-electron chi connectivity index (χ1n) is 7.26. The van der Waals surface area contributed by atoms with Gasteiger partial charge in [0.05, 0.1) is 12.8 Å². The number of hydrogen-bond acceptors (Lipinski definition) is 8. The summed E-state index contributed by atoms with van der Waals surface area (Å²) < 4.78 is 11.8. The second-order valence-corrected chi connectivity index (χ2v) is 4.97. The molecule has 25 heavy (non-hydrogen) atoms. The number of nitrogens with two attached hydrogens (primary N) is 1. The molecule has 0 unspecified atom stereocenters. The molecule has 0 bridgehead atoms. The zero-order valence-electron chi connectivity index (χ0n) is 13.1. The van der Waals surface area contributed by atoms with Gasteiger partial charge < -0.3 is 14.9 Å². The van der Waals surface area contributed by atoms with E-state index < -0.39 is 17.8 Å². The molecule has 0 saturated heterocycles. The van der Waals surface area contributed by atoms with Crippen molar-refractivity contribution in [1.82, 2.24) is 19.6 Å². The minimum Gasteiger partial charge on any atom is -0.450 e. The van der Waals surface area contributed by atoms with Gasteiger partial charge in [-0.15, -0.1) is 5.10 Å². The van der Waals surface area contributed by atoms with Crippen molar-refractivity contribution in [3.8, 4) is 0 Å². The van der Waals surface area contributed by atoms with Crippen LogP contribution in [0.5, 0.6) is 0 Å². The number of amides is 1. The van der Waals surface area contributed by atoms with E-state index in [9.17, 15) is 14.4 Å². The third-order valence-electron chi connectivity index (χ3n) is 3.19. The highest BCUT2D eigenvalue weighted by atomic mass is 16.5. The Morgan fingerprint density at radius 1 is 1.40 bits per heavy atom. The van der Waals surface area contributed by atoms with Crippen molar-refractivity contribution < 1.29 is 18.7 Å². The Kier molecular flexibility index (Phi) is 4.20. The van der Waals surface area contributed by atoms with Gasteiger partial charge in [0.1, 0.15) is 12.1 Å². The average molecular weight is 346 g/mol. The average Bonchev–Trinajstić information content (AvgIpc) is 3.10. The molecule has 0 saturated carbocycles. The van der Waals surface area contributed by atoms with E-state index >= 15 is 0 Å². The predicted molar refractivity (Wildman–Crippen MR) is 86.2 cm³/mol. The molecule has 3 aromatic rings. The molecule has 130 valence electrons. The fourth-order valence-electron chi connectivity index (χ4n) is 2.18. The van der Waals surface area contributed by atoms with Gasteiger partial charge in [0.15, 0.2) is 11.4 Å². The summed E-state index contributed by atoms with van der Waals surface area (Å²) in [5.41, 5.74) is 6.58. The molecular weight excluding hydrogens is 332 g/mol. The van der Waals surface area contributed by atoms with Crippen molar-refractivity contribution in [2.45, 2.75) is 13.5 Å². The summed E-state index contributed by atoms with van der Waals surface area (Å²) in [4.78, 5) is 35.6. The van der Waals surface area contributed by atoms with Gasteiger partial charge in [0, 0.05) is 5.69 Å². The van der Waals surface area contributed by atoms with E-state index in [4.69, 9.17) is 14.9 Å². The topological polar surface area (TPSA) is 147 Å². The van der Waals surface area contributed by atoms with Crippen LogP contribution < -0.4 is 16.8 Å². The lowest BCUT2D eigenvalue weighted by molar-refractivity contribution is 0.0882. The maximum Gasteiger partial charge on any atom is 0.426 e. The van der Waals surface area contributed by atoms with E-state index in [0.29, 0.717) is 5.69 Å². The predicted octanol–water partition coefficient (Wildman–Crippen LogP) is 0.677. The molecule has 3 N–H and O–H groups in total. The fraction of sp³-hybridized carbons (Fsp3) is 0.214. The van der Waals surface area contributed by atoms with Crippen molar-refractivity contribution in [2.75, 3.05) is 17.7 Å². The summed E-state index contributed by atoms with van der Waals surface area (Å²) in [7, 11) is 0. The molecule has 3 rings (SSSR count). The van der Waals surface area contributed by atoms with Gasteiger partial charge in [0.25, 0.3) is 5.91 Å². The Hall–Kier alpha value is -3.63. The number of ether oxygens (including phenoxy) is 1. The number of oxazole rings is 1. The molecule has 0 aliphatic rings. The lowest BCUT2D eigenvalue weighted by Gasteiger charge is -2.02. The molecule has 1 aromatic carbocycles. The number of nitrogen functional groups attached to an aromatic ring is 1. The molecular formula is C14H14N6O5. The van der Waals surface area contributed by atoms with Gasteiger partial charge in [0.2, 0.25) is 0 Å². The number of fused-ring (bicyclic) bond motifs is 1. The van der Waals surface area contributed by atoms with Crippen molar-refractivity contribution in [1.29, 1.82) is 0 Å². The zero-order chi connectivity index (χ0) is 18.0. The number of carbonyl (C=O) groups excluding carboxylic acids is 2. The van der Waals surface area contributed by atoms with Gasteiger partial charge in [-0.05, 0) is 25.1 Å². The van der Waals surface area contributed by atoms with E-state index in [1.807, 2.05) is 0 Å². The molecule has 1 amide bonds. The van der Waals surface area contributed by atoms with Crippen LogP contribution in [-0.2, 0) is 11.3 Å². The number of nitrogens with one attached hydrogen (secondary N) is 1. The number of anilines is 2. The SMILES string of the molecule is CCOC(=O)Nc1cn(CC(=O)n2c(=O)oc3ccc(N)cc32)nn1. The molecule has 11 heteroatoms. The van der Waals surface area contributed by atoms with Crippen LogP contribution in [0.15, 0.2) is 33.6 Å². The summed E-state index contributed by atoms with van der Waals surface area (Å²) >= 11 is 0. The first-order chi connectivity index (χ1) is 12.0. The lowest BCUT2D eigenvalue weighted by Crippen LogP contribution is -2.26. The number of benzene rings is 1. The minimum atomic E-state index is -0.824. The number of aromatic nitrogens is 4. The van der Waals surface area contributed by atoms with Crippen molar-refractivity contribution in [2.24, 2.45) is 0 Å². The second-order valence-electron chi connectivity index (χ2n) is 4.97. The van der Waals surface area contributed by atoms with Crippen LogP contribution in [0.25, 0.3) is 11.1 Å². The molecule has 2 aromatic heterocycles. The summed E-state index contributed by atoms with van der Waals surface area (Å²) in [5.74, 6) is -1.31. The van der Waals surface area contributed by atoms with Gasteiger partial charge in [-0.1, -0.05) is 5.21 Å². The molecule has 0 radical (unpaired) electrons. The van der Waals surface area contributed by atoms with Crippen LogP contribution in [0.2, 0.25) is 0 Å². The molecule has 0 aliphatic carbocycles. The molecule has 0 aliphatic heterocycles. The van der Waals surface area contributed by atoms with Gasteiger partial charge >= 0.3 is 11.8 Å². The van der Waals surface area contributed by atoms with E-state index in [1.54, 1.807) is 13.0 Å². The number of carbonyl (C=O) groups is 2. The molecule has 2 heterocycles. The van der Waals surface area contributed by atoms with Crippen LogP contribution in [0.1, 0.15) is 11.7 Å². The number of rotatable bonds is 4. The van der Waals surface area contributed by atoms with E-state index in [1.165, 1.54) is 23.0 Å². The first-order valence-corrected chi connectivity index (χ1v) is 7.26. The number of hydrogen-bond donors (Lipinski definition) is 2. The monoisotopic (exact) mass is 346 g/mol. The minimum absolute atomic E-state index is 0.111. The Morgan fingerprint density at radius 3 is 2.96 bits per heavy atom. The van der Waals surface area contributed by atoms with Crippen molar-refractivity contribution >= 4 is 34.6 Å². The van der Waals surface area contributed by atoms with Crippen LogP contribution >= 0.6 is 0 Å². The maximum absolute atomic E-state index is 12.4. The van der Waals surface area contributed by atoms with Crippen LogP contribution in [-0.4, -0.2) is 38.2 Å².